The van der Waals surface area contributed by atoms with Gasteiger partial charge in [0.15, 0.2) is 9.84 Å². The van der Waals surface area contributed by atoms with E-state index in [1.807, 2.05) is 0 Å². The van der Waals surface area contributed by atoms with E-state index >= 15 is 0 Å². The summed E-state index contributed by atoms with van der Waals surface area (Å²) in [6, 6.07) is -3.34. The standard InChI is InChI=1S/C10H16N2O4S3/c1-3-12-8-4-6(2)18(13,14)10-7(8)5-9(17-10)19(11,15)16/h5-6,8,12H,3-4H2,1-2H3,(H2,11,15,16)/t6-,8-/m0/s1/i4D2,5D,6D,8D. The second kappa shape index (κ2) is 4.81. The summed E-state index contributed by atoms with van der Waals surface area (Å²) in [7, 11) is -9.11. The summed E-state index contributed by atoms with van der Waals surface area (Å²) in [6.07, 6.45) is -2.98. The van der Waals surface area contributed by atoms with Crippen LogP contribution in [0.3, 0.4) is 0 Å². The summed E-state index contributed by atoms with van der Waals surface area (Å²) >= 11 is 0.172. The van der Waals surface area contributed by atoms with Gasteiger partial charge in [0.25, 0.3) is 0 Å². The highest BCUT2D eigenvalue weighted by Crippen LogP contribution is 2.42. The van der Waals surface area contributed by atoms with Gasteiger partial charge in [0, 0.05) is 15.7 Å². The number of nitrogens with one attached hydrogen (secondary N) is 1. The van der Waals surface area contributed by atoms with Crippen molar-refractivity contribution in [2.24, 2.45) is 5.14 Å². The molecular weight excluding hydrogens is 308 g/mol. The third-order valence-corrected chi connectivity index (χ3v) is 7.18. The number of rotatable bonds is 3. The van der Waals surface area contributed by atoms with Crippen LogP contribution in [-0.4, -0.2) is 28.6 Å². The molecule has 108 valence electrons. The van der Waals surface area contributed by atoms with Crippen molar-refractivity contribution in [3.63, 3.8) is 0 Å². The second-order valence-electron chi connectivity index (χ2n) is 3.81. The molecule has 19 heavy (non-hydrogen) atoms. The minimum Gasteiger partial charge on any atom is -0.310 e. The SMILES string of the molecule is [2H]c1c(S(N)(=O)=O)sc2c1[C@@]([2H])(NCC)C([2H])([2H])[C@]([2H])(C)S2(=O)=O. The Morgan fingerprint density at radius 2 is 2.37 bits per heavy atom. The molecule has 2 heterocycles. The van der Waals surface area contributed by atoms with E-state index in [0.29, 0.717) is 0 Å². The van der Waals surface area contributed by atoms with Crippen LogP contribution in [-0.2, 0) is 19.9 Å². The van der Waals surface area contributed by atoms with Gasteiger partial charge in [-0.05, 0) is 25.9 Å². The highest BCUT2D eigenvalue weighted by Gasteiger charge is 2.39. The minimum atomic E-state index is -4.67. The Bertz CT molecular complexity index is 909. The Balaban J connectivity index is 3.08. The molecule has 0 saturated heterocycles. The van der Waals surface area contributed by atoms with Gasteiger partial charge < -0.3 is 5.32 Å². The Labute approximate surface area is 124 Å². The lowest BCUT2D eigenvalue weighted by molar-refractivity contribution is 0.477. The number of thiophene rings is 1. The Kier molecular flexibility index (Phi) is 2.39. The number of sulfonamides is 1. The van der Waals surface area contributed by atoms with Crippen LogP contribution < -0.4 is 10.5 Å². The summed E-state index contributed by atoms with van der Waals surface area (Å²) in [5, 5.41) is 4.69. The van der Waals surface area contributed by atoms with Gasteiger partial charge in [0.05, 0.1) is 7.97 Å². The van der Waals surface area contributed by atoms with Crippen LogP contribution in [0, 0.1) is 0 Å². The lowest BCUT2D eigenvalue weighted by Gasteiger charge is -2.27. The Morgan fingerprint density at radius 1 is 1.74 bits per heavy atom. The summed E-state index contributed by atoms with van der Waals surface area (Å²) in [5.41, 5.74) is -0.631. The highest BCUT2D eigenvalue weighted by atomic mass is 32.3. The van der Waals surface area contributed by atoms with Crippen molar-refractivity contribution in [2.45, 2.75) is 39.9 Å². The average Bonchev–Trinajstić information content (AvgIpc) is 2.75. The van der Waals surface area contributed by atoms with E-state index in [2.05, 4.69) is 5.32 Å². The molecule has 0 spiro atoms. The molecule has 9 heteroatoms. The molecule has 1 aromatic rings. The summed E-state index contributed by atoms with van der Waals surface area (Å²) in [6.45, 7) is 2.37. The molecule has 0 aromatic carbocycles. The van der Waals surface area contributed by atoms with Crippen molar-refractivity contribution in [3.8, 4) is 0 Å². The van der Waals surface area contributed by atoms with Gasteiger partial charge in [0.1, 0.15) is 8.42 Å². The number of primary sulfonamides is 1. The predicted molar refractivity (Wildman–Crippen MR) is 73.4 cm³/mol. The number of hydrogen-bond acceptors (Lipinski definition) is 6. The van der Waals surface area contributed by atoms with Crippen molar-refractivity contribution < 1.29 is 23.7 Å². The van der Waals surface area contributed by atoms with Crippen molar-refractivity contribution in [2.75, 3.05) is 6.54 Å². The van der Waals surface area contributed by atoms with Gasteiger partial charge in [-0.3, -0.25) is 0 Å². The van der Waals surface area contributed by atoms with Gasteiger partial charge in [-0.15, -0.1) is 11.3 Å². The fraction of sp³-hybridized carbons (Fsp3) is 0.600. The van der Waals surface area contributed by atoms with E-state index in [1.165, 1.54) is 6.92 Å². The number of hydrogen-bond donors (Lipinski definition) is 2. The molecule has 3 N–H and O–H groups in total. The van der Waals surface area contributed by atoms with Crippen molar-refractivity contribution in [1.82, 2.24) is 5.32 Å². The summed E-state index contributed by atoms with van der Waals surface area (Å²) in [4.78, 5) is 0. The molecule has 2 atom stereocenters. The smallest absolute Gasteiger partial charge is 0.247 e. The third kappa shape index (κ3) is 2.57. The van der Waals surface area contributed by atoms with Crippen LogP contribution in [0.1, 0.15) is 38.7 Å². The summed E-state index contributed by atoms with van der Waals surface area (Å²) in [5.74, 6) is 0. The molecule has 6 nitrogen and oxygen atoms in total. The average molecular weight is 329 g/mol. The maximum absolute atomic E-state index is 12.7. The van der Waals surface area contributed by atoms with Crippen LogP contribution >= 0.6 is 11.3 Å². The molecule has 0 amide bonds. The minimum absolute atomic E-state index is 0.0264. The first kappa shape index (κ1) is 9.46. The fourth-order valence-electron chi connectivity index (χ4n) is 1.55. The van der Waals surface area contributed by atoms with E-state index in [0.717, 1.165) is 6.92 Å². The van der Waals surface area contributed by atoms with E-state index in [1.54, 1.807) is 0 Å². The molecular formula is C10H16N2O4S3. The van der Waals surface area contributed by atoms with E-state index in [-0.39, 0.29) is 17.9 Å². The Morgan fingerprint density at radius 3 is 2.89 bits per heavy atom. The van der Waals surface area contributed by atoms with E-state index in [9.17, 15) is 16.8 Å². The molecule has 0 aliphatic carbocycles. The second-order valence-corrected chi connectivity index (χ2v) is 8.88. The van der Waals surface area contributed by atoms with Crippen LogP contribution in [0.15, 0.2) is 14.5 Å². The number of nitrogens with two attached hydrogens (primary N) is 1. The molecule has 2 rings (SSSR count). The zero-order valence-electron chi connectivity index (χ0n) is 15.1. The van der Waals surface area contributed by atoms with Gasteiger partial charge in [0.2, 0.25) is 10.0 Å². The monoisotopic (exact) mass is 329 g/mol. The highest BCUT2D eigenvalue weighted by molar-refractivity contribution is 7.95. The Hall–Kier alpha value is -0.480. The maximum Gasteiger partial charge on any atom is 0.247 e. The fourth-order valence-corrected chi connectivity index (χ4v) is 5.24. The van der Waals surface area contributed by atoms with Crippen LogP contribution in [0.25, 0.3) is 0 Å². The third-order valence-electron chi connectivity index (χ3n) is 2.43. The molecule has 0 saturated carbocycles. The number of sulfone groups is 1. The van der Waals surface area contributed by atoms with Crippen molar-refractivity contribution in [3.05, 3.63) is 11.6 Å². The van der Waals surface area contributed by atoms with E-state index in [4.69, 9.17) is 12.0 Å². The molecule has 1 aliphatic rings. The maximum atomic E-state index is 12.7. The van der Waals surface area contributed by atoms with Gasteiger partial charge >= 0.3 is 0 Å². The normalized spacial score (nSPS) is 40.3. The van der Waals surface area contributed by atoms with Crippen molar-refractivity contribution in [1.29, 1.82) is 0 Å². The molecule has 1 aromatic heterocycles. The molecule has 1 aliphatic heterocycles. The zero-order chi connectivity index (χ0) is 18.9. The summed E-state index contributed by atoms with van der Waals surface area (Å²) < 4.78 is 87.9. The topological polar surface area (TPSA) is 106 Å². The first-order valence-electron chi connectivity index (χ1n) is 7.73. The van der Waals surface area contributed by atoms with Gasteiger partial charge in [-0.1, -0.05) is 6.92 Å². The van der Waals surface area contributed by atoms with Crippen LogP contribution in [0.5, 0.6) is 0 Å². The lowest BCUT2D eigenvalue weighted by atomic mass is 10.1. The zero-order valence-corrected chi connectivity index (χ0v) is 12.6. The first-order chi connectivity index (χ1) is 10.6. The lowest BCUT2D eigenvalue weighted by Crippen LogP contribution is -2.33. The number of fused-ring (bicyclic) bond motifs is 1. The predicted octanol–water partition coefficient (Wildman–Crippen LogP) is 0.612. The van der Waals surface area contributed by atoms with Gasteiger partial charge in [-0.2, -0.15) is 0 Å². The van der Waals surface area contributed by atoms with Crippen LogP contribution in [0.4, 0.5) is 0 Å². The van der Waals surface area contributed by atoms with Crippen molar-refractivity contribution >= 4 is 31.2 Å². The first-order valence-corrected chi connectivity index (χ1v) is 9.08. The quantitative estimate of drug-likeness (QED) is 0.845. The van der Waals surface area contributed by atoms with Crippen LogP contribution in [0.2, 0.25) is 0 Å². The molecule has 0 radical (unpaired) electrons. The van der Waals surface area contributed by atoms with Gasteiger partial charge in [-0.25, -0.2) is 22.0 Å². The molecule has 0 fully saturated rings. The van der Waals surface area contributed by atoms with E-state index < -0.39 is 57.5 Å². The molecule has 0 bridgehead atoms. The largest absolute Gasteiger partial charge is 0.310 e. The molecule has 0 unspecified atom stereocenters.